The predicted octanol–water partition coefficient (Wildman–Crippen LogP) is -1.03. The van der Waals surface area contributed by atoms with E-state index in [1.165, 1.54) is 4.90 Å². The molecule has 64 valence electrons. The Morgan fingerprint density at radius 2 is 2.00 bits per heavy atom. The molecule has 0 aromatic carbocycles. The molecule has 0 atom stereocenters. The molecule has 4 nitrogen and oxygen atoms in total. The van der Waals surface area contributed by atoms with Crippen molar-refractivity contribution in [2.24, 2.45) is 0 Å². The number of imide groups is 1. The highest BCUT2D eigenvalue weighted by molar-refractivity contribution is 5.99. The molecule has 2 amide bonds. The number of carbonyl (C=O) groups is 2. The van der Waals surface area contributed by atoms with Crippen LogP contribution in [-0.2, 0) is 9.59 Å². The summed E-state index contributed by atoms with van der Waals surface area (Å²) < 4.78 is 0. The third kappa shape index (κ3) is 1.83. The van der Waals surface area contributed by atoms with E-state index < -0.39 is 0 Å². The van der Waals surface area contributed by atoms with Gasteiger partial charge in [-0.3, -0.25) is 19.8 Å². The van der Waals surface area contributed by atoms with Gasteiger partial charge in [-0.15, -0.1) is 12.3 Å². The lowest BCUT2D eigenvalue weighted by atomic mass is 10.3. The van der Waals surface area contributed by atoms with Crippen LogP contribution in [0.2, 0.25) is 0 Å². The fraction of sp³-hybridized carbons (Fsp3) is 0.500. The Labute approximate surface area is 70.9 Å². The predicted molar refractivity (Wildman–Crippen MR) is 43.0 cm³/mol. The highest BCUT2D eigenvalue weighted by Gasteiger charge is 2.24. The molecule has 0 aliphatic carbocycles. The highest BCUT2D eigenvalue weighted by Crippen LogP contribution is 1.97. The summed E-state index contributed by atoms with van der Waals surface area (Å²) in [4.78, 5) is 23.4. The monoisotopic (exact) mass is 166 g/mol. The molecule has 0 spiro atoms. The lowest BCUT2D eigenvalue weighted by molar-refractivity contribution is -0.146. The molecular weight excluding hydrogens is 156 g/mol. The summed E-state index contributed by atoms with van der Waals surface area (Å²) >= 11 is 0. The first-order valence-corrected chi connectivity index (χ1v) is 3.73. The Bertz CT molecular complexity index is 226. The van der Waals surface area contributed by atoms with Crippen LogP contribution in [0.1, 0.15) is 6.42 Å². The van der Waals surface area contributed by atoms with E-state index in [4.69, 9.17) is 6.42 Å². The van der Waals surface area contributed by atoms with E-state index in [0.717, 1.165) is 0 Å². The minimum Gasteiger partial charge on any atom is -0.300 e. The van der Waals surface area contributed by atoms with Crippen LogP contribution in [-0.4, -0.2) is 36.3 Å². The van der Waals surface area contributed by atoms with Gasteiger partial charge < -0.3 is 0 Å². The Morgan fingerprint density at radius 1 is 1.42 bits per heavy atom. The fourth-order valence-electron chi connectivity index (χ4n) is 1.03. The van der Waals surface area contributed by atoms with E-state index in [2.05, 4.69) is 11.2 Å². The summed E-state index contributed by atoms with van der Waals surface area (Å²) in [6.07, 6.45) is 5.45. The van der Waals surface area contributed by atoms with Crippen LogP contribution in [0.4, 0.5) is 0 Å². The average Bonchev–Trinajstić information content (AvgIpc) is 2.04. The van der Waals surface area contributed by atoms with Gasteiger partial charge in [-0.25, -0.2) is 0 Å². The van der Waals surface area contributed by atoms with Gasteiger partial charge in [-0.1, -0.05) is 0 Å². The van der Waals surface area contributed by atoms with Crippen LogP contribution < -0.4 is 5.32 Å². The molecule has 4 heteroatoms. The van der Waals surface area contributed by atoms with Gasteiger partial charge in [0.25, 0.3) is 0 Å². The van der Waals surface area contributed by atoms with Crippen LogP contribution in [0.25, 0.3) is 0 Å². The topological polar surface area (TPSA) is 49.4 Å². The molecule has 1 saturated heterocycles. The molecule has 0 radical (unpaired) electrons. The molecule has 1 N–H and O–H groups in total. The van der Waals surface area contributed by atoms with Gasteiger partial charge in [-0.2, -0.15) is 0 Å². The van der Waals surface area contributed by atoms with Crippen molar-refractivity contribution in [1.82, 2.24) is 10.2 Å². The zero-order valence-electron chi connectivity index (χ0n) is 6.67. The van der Waals surface area contributed by atoms with Crippen molar-refractivity contribution < 1.29 is 9.59 Å². The SMILES string of the molecule is C#CCCN1C(=O)CNCC1=O. The van der Waals surface area contributed by atoms with E-state index >= 15 is 0 Å². The Kier molecular flexibility index (Phi) is 2.83. The maximum Gasteiger partial charge on any atom is 0.243 e. The first-order chi connectivity index (χ1) is 5.75. The van der Waals surface area contributed by atoms with Crippen molar-refractivity contribution in [3.63, 3.8) is 0 Å². The second-order valence-electron chi connectivity index (χ2n) is 2.50. The third-order valence-electron chi connectivity index (χ3n) is 1.63. The molecule has 12 heavy (non-hydrogen) atoms. The molecule has 0 bridgehead atoms. The Morgan fingerprint density at radius 3 is 2.50 bits per heavy atom. The minimum atomic E-state index is -0.193. The van der Waals surface area contributed by atoms with Crippen molar-refractivity contribution in [3.05, 3.63) is 0 Å². The van der Waals surface area contributed by atoms with Crippen molar-refractivity contribution in [2.45, 2.75) is 6.42 Å². The van der Waals surface area contributed by atoms with E-state index in [9.17, 15) is 9.59 Å². The number of nitrogens with zero attached hydrogens (tertiary/aromatic N) is 1. The molecule has 1 rings (SSSR count). The van der Waals surface area contributed by atoms with Crippen molar-refractivity contribution in [2.75, 3.05) is 19.6 Å². The molecule has 0 aromatic heterocycles. The van der Waals surface area contributed by atoms with Gasteiger partial charge in [0.05, 0.1) is 13.1 Å². The molecule has 1 fully saturated rings. The zero-order chi connectivity index (χ0) is 8.97. The number of carbonyl (C=O) groups excluding carboxylic acids is 2. The Balaban J connectivity index is 2.52. The Hall–Kier alpha value is -1.34. The summed E-state index contributed by atoms with van der Waals surface area (Å²) in [5, 5.41) is 2.70. The summed E-state index contributed by atoms with van der Waals surface area (Å²) in [5.41, 5.74) is 0. The quantitative estimate of drug-likeness (QED) is 0.421. The highest BCUT2D eigenvalue weighted by atomic mass is 16.2. The van der Waals surface area contributed by atoms with Gasteiger partial charge in [0.15, 0.2) is 0 Å². The van der Waals surface area contributed by atoms with Gasteiger partial charge in [-0.05, 0) is 0 Å². The van der Waals surface area contributed by atoms with Gasteiger partial charge >= 0.3 is 0 Å². The third-order valence-corrected chi connectivity index (χ3v) is 1.63. The van der Waals surface area contributed by atoms with E-state index in [1.807, 2.05) is 0 Å². The summed E-state index contributed by atoms with van der Waals surface area (Å²) in [6, 6.07) is 0. The summed E-state index contributed by atoms with van der Waals surface area (Å²) in [5.74, 6) is 2.00. The van der Waals surface area contributed by atoms with Crippen LogP contribution in [0.15, 0.2) is 0 Å². The lowest BCUT2D eigenvalue weighted by Gasteiger charge is -2.24. The number of nitrogens with one attached hydrogen (secondary N) is 1. The van der Waals surface area contributed by atoms with Crippen LogP contribution in [0, 0.1) is 12.3 Å². The number of hydrogen-bond donors (Lipinski definition) is 1. The van der Waals surface area contributed by atoms with Crippen molar-refractivity contribution in [1.29, 1.82) is 0 Å². The number of piperazine rings is 1. The maximum atomic E-state index is 11.1. The molecule has 0 aromatic rings. The maximum absolute atomic E-state index is 11.1. The number of hydrogen-bond acceptors (Lipinski definition) is 3. The van der Waals surface area contributed by atoms with Gasteiger partial charge in [0, 0.05) is 13.0 Å². The fourth-order valence-corrected chi connectivity index (χ4v) is 1.03. The van der Waals surface area contributed by atoms with Gasteiger partial charge in [0.2, 0.25) is 11.8 Å². The first kappa shape index (κ1) is 8.75. The first-order valence-electron chi connectivity index (χ1n) is 3.73. The van der Waals surface area contributed by atoms with E-state index in [-0.39, 0.29) is 24.9 Å². The summed E-state index contributed by atoms with van der Waals surface area (Å²) in [7, 11) is 0. The second kappa shape index (κ2) is 3.88. The molecule has 1 heterocycles. The van der Waals surface area contributed by atoms with Crippen molar-refractivity contribution in [3.8, 4) is 12.3 Å². The number of terminal acetylenes is 1. The standard InChI is InChI=1S/C8H10N2O2/c1-2-3-4-10-7(11)5-9-6-8(10)12/h1,9H,3-6H2. The molecule has 1 aliphatic rings. The van der Waals surface area contributed by atoms with Gasteiger partial charge in [0.1, 0.15) is 0 Å². The zero-order valence-corrected chi connectivity index (χ0v) is 6.67. The van der Waals surface area contributed by atoms with Crippen LogP contribution in [0.3, 0.4) is 0 Å². The van der Waals surface area contributed by atoms with Crippen molar-refractivity contribution >= 4 is 11.8 Å². The van der Waals surface area contributed by atoms with E-state index in [0.29, 0.717) is 13.0 Å². The van der Waals surface area contributed by atoms with Crippen LogP contribution in [0.5, 0.6) is 0 Å². The summed E-state index contributed by atoms with van der Waals surface area (Å²) in [6.45, 7) is 0.808. The lowest BCUT2D eigenvalue weighted by Crippen LogP contribution is -2.52. The molecule has 1 aliphatic heterocycles. The molecule has 0 saturated carbocycles. The second-order valence-corrected chi connectivity index (χ2v) is 2.50. The molecular formula is C8H10N2O2. The normalized spacial score (nSPS) is 17.8. The smallest absolute Gasteiger partial charge is 0.243 e. The average molecular weight is 166 g/mol. The molecule has 0 unspecified atom stereocenters. The van der Waals surface area contributed by atoms with Crippen LogP contribution >= 0.6 is 0 Å². The largest absolute Gasteiger partial charge is 0.300 e. The number of amides is 2. The minimum absolute atomic E-state index is 0.193. The number of rotatable bonds is 2. The van der Waals surface area contributed by atoms with E-state index in [1.54, 1.807) is 0 Å².